The van der Waals surface area contributed by atoms with Gasteiger partial charge < -0.3 is 10.1 Å². The Balaban J connectivity index is 1.52. The normalized spacial score (nSPS) is 16.0. The van der Waals surface area contributed by atoms with Crippen molar-refractivity contribution in [3.8, 4) is 0 Å². The molecular formula is C19H29N5O. The maximum Gasteiger partial charge on any atom is 0.154 e. The van der Waals surface area contributed by atoms with Gasteiger partial charge in [-0.25, -0.2) is 9.50 Å². The molecule has 136 valence electrons. The lowest BCUT2D eigenvalue weighted by Crippen LogP contribution is -2.37. The molecule has 6 heteroatoms. The lowest BCUT2D eigenvalue weighted by molar-refractivity contribution is 0.0378. The third-order valence-corrected chi connectivity index (χ3v) is 4.46. The molecule has 1 fully saturated rings. The summed E-state index contributed by atoms with van der Waals surface area (Å²) in [6.45, 7) is 8.06. The Labute approximate surface area is 149 Å². The summed E-state index contributed by atoms with van der Waals surface area (Å²) in [4.78, 5) is 6.87. The molecule has 0 aromatic carbocycles. The van der Waals surface area contributed by atoms with Gasteiger partial charge in [0.25, 0.3) is 0 Å². The highest BCUT2D eigenvalue weighted by molar-refractivity contribution is 5.53. The Hall–Kier alpha value is -1.92. The summed E-state index contributed by atoms with van der Waals surface area (Å²) < 4.78 is 7.29. The van der Waals surface area contributed by atoms with Gasteiger partial charge in [0.2, 0.25) is 0 Å². The van der Waals surface area contributed by atoms with Crippen molar-refractivity contribution in [3.05, 3.63) is 30.1 Å². The fourth-order valence-electron chi connectivity index (χ4n) is 2.97. The van der Waals surface area contributed by atoms with E-state index in [0.717, 1.165) is 69.4 Å². The molecule has 0 aliphatic carbocycles. The highest BCUT2D eigenvalue weighted by Crippen LogP contribution is 2.11. The van der Waals surface area contributed by atoms with Crippen molar-refractivity contribution in [1.29, 1.82) is 0 Å². The summed E-state index contributed by atoms with van der Waals surface area (Å²) in [6, 6.07) is 4.02. The number of aromatic nitrogens is 3. The van der Waals surface area contributed by atoms with Crippen LogP contribution in [0.3, 0.4) is 0 Å². The minimum absolute atomic E-state index is 0.862. The molecule has 1 N–H and O–H groups in total. The van der Waals surface area contributed by atoms with E-state index < -0.39 is 0 Å². The smallest absolute Gasteiger partial charge is 0.154 e. The fourth-order valence-corrected chi connectivity index (χ4v) is 2.97. The number of nitrogens with one attached hydrogen (secondary N) is 1. The minimum Gasteiger partial charge on any atom is -0.379 e. The first-order valence-corrected chi connectivity index (χ1v) is 9.42. The largest absolute Gasteiger partial charge is 0.379 e. The van der Waals surface area contributed by atoms with Gasteiger partial charge in [-0.05, 0) is 37.6 Å². The summed E-state index contributed by atoms with van der Waals surface area (Å²) in [5, 5.41) is 8.10. The molecule has 0 unspecified atom stereocenters. The fraction of sp³-hybridized carbons (Fsp3) is 0.579. The molecule has 0 amide bonds. The molecule has 0 radical (unpaired) electrons. The Morgan fingerprint density at radius 3 is 2.96 bits per heavy atom. The predicted octanol–water partition coefficient (Wildman–Crippen LogP) is 3.07. The zero-order chi connectivity index (χ0) is 17.3. The topological polar surface area (TPSA) is 54.7 Å². The lowest BCUT2D eigenvalue weighted by atomic mass is 10.2. The number of allylic oxidation sites excluding steroid dienone is 1. The van der Waals surface area contributed by atoms with E-state index in [4.69, 9.17) is 4.74 Å². The van der Waals surface area contributed by atoms with Gasteiger partial charge in [-0.15, -0.1) is 5.10 Å². The molecule has 6 nitrogen and oxygen atoms in total. The molecule has 2 aromatic rings. The van der Waals surface area contributed by atoms with Crippen molar-refractivity contribution < 1.29 is 4.74 Å². The maximum atomic E-state index is 5.38. The van der Waals surface area contributed by atoms with Crippen LogP contribution in [-0.2, 0) is 4.74 Å². The Morgan fingerprint density at radius 1 is 1.24 bits per heavy atom. The summed E-state index contributed by atoms with van der Waals surface area (Å²) in [5.74, 6) is 0.899. The number of rotatable bonds is 9. The van der Waals surface area contributed by atoms with Crippen LogP contribution in [0.4, 0.5) is 5.82 Å². The first-order valence-electron chi connectivity index (χ1n) is 9.42. The van der Waals surface area contributed by atoms with Crippen LogP contribution in [-0.4, -0.2) is 58.9 Å². The molecule has 25 heavy (non-hydrogen) atoms. The van der Waals surface area contributed by atoms with Crippen molar-refractivity contribution >= 4 is 17.5 Å². The SMILES string of the molecule is CCCC/C=C\c1cnc2ccc(NCCCN3CCOCC3)nn12. The average molecular weight is 343 g/mol. The molecule has 0 atom stereocenters. The number of imidazole rings is 1. The van der Waals surface area contributed by atoms with Crippen LogP contribution in [0.15, 0.2) is 24.4 Å². The zero-order valence-corrected chi connectivity index (χ0v) is 15.2. The predicted molar refractivity (Wildman–Crippen MR) is 102 cm³/mol. The van der Waals surface area contributed by atoms with E-state index in [1.54, 1.807) is 0 Å². The number of nitrogens with zero attached hydrogens (tertiary/aromatic N) is 4. The van der Waals surface area contributed by atoms with Crippen LogP contribution in [0.2, 0.25) is 0 Å². The highest BCUT2D eigenvalue weighted by atomic mass is 16.5. The number of hydrogen-bond donors (Lipinski definition) is 1. The first kappa shape index (κ1) is 17.9. The molecular weight excluding hydrogens is 314 g/mol. The molecule has 0 bridgehead atoms. The molecule has 3 rings (SSSR count). The van der Waals surface area contributed by atoms with Crippen LogP contribution in [0.5, 0.6) is 0 Å². The molecule has 0 saturated carbocycles. The molecule has 1 aliphatic rings. The van der Waals surface area contributed by atoms with Gasteiger partial charge in [-0.1, -0.05) is 25.8 Å². The third kappa shape index (κ3) is 5.28. The van der Waals surface area contributed by atoms with Gasteiger partial charge in [0.05, 0.1) is 25.1 Å². The standard InChI is InChI=1S/C19H29N5O/c1-2-3-4-5-7-17-16-21-19-9-8-18(22-24(17)19)20-10-6-11-23-12-14-25-15-13-23/h5,7-9,16H,2-4,6,10-15H2,1H3,(H,20,22)/b7-5-. The van der Waals surface area contributed by atoms with Crippen molar-refractivity contribution in [1.82, 2.24) is 19.5 Å². The van der Waals surface area contributed by atoms with Gasteiger partial charge in [0.15, 0.2) is 5.65 Å². The third-order valence-electron chi connectivity index (χ3n) is 4.46. The Bertz CT molecular complexity index is 676. The first-order chi connectivity index (χ1) is 12.4. The number of morpholine rings is 1. The number of hydrogen-bond acceptors (Lipinski definition) is 5. The van der Waals surface area contributed by atoms with Gasteiger partial charge in [-0.3, -0.25) is 4.90 Å². The number of anilines is 1. The van der Waals surface area contributed by atoms with E-state index in [9.17, 15) is 0 Å². The van der Waals surface area contributed by atoms with E-state index in [0.29, 0.717) is 0 Å². The maximum absolute atomic E-state index is 5.38. The second-order valence-corrected chi connectivity index (χ2v) is 6.45. The van der Waals surface area contributed by atoms with Crippen molar-refractivity contribution in [2.45, 2.75) is 32.6 Å². The van der Waals surface area contributed by atoms with Crippen molar-refractivity contribution in [3.63, 3.8) is 0 Å². The van der Waals surface area contributed by atoms with E-state index in [2.05, 4.69) is 39.4 Å². The van der Waals surface area contributed by atoms with Crippen molar-refractivity contribution in [2.24, 2.45) is 0 Å². The van der Waals surface area contributed by atoms with E-state index in [1.165, 1.54) is 12.8 Å². The second kappa shape index (κ2) is 9.53. The molecule has 1 saturated heterocycles. The van der Waals surface area contributed by atoms with Crippen molar-refractivity contribution in [2.75, 3.05) is 44.7 Å². The summed E-state index contributed by atoms with van der Waals surface area (Å²) >= 11 is 0. The molecule has 3 heterocycles. The molecule has 0 spiro atoms. The van der Waals surface area contributed by atoms with Crippen LogP contribution >= 0.6 is 0 Å². The second-order valence-electron chi connectivity index (χ2n) is 6.45. The Morgan fingerprint density at radius 2 is 2.12 bits per heavy atom. The highest BCUT2D eigenvalue weighted by Gasteiger charge is 2.09. The number of ether oxygens (including phenoxy) is 1. The summed E-state index contributed by atoms with van der Waals surface area (Å²) in [7, 11) is 0. The minimum atomic E-state index is 0.862. The summed E-state index contributed by atoms with van der Waals surface area (Å²) in [5.41, 5.74) is 1.91. The monoisotopic (exact) mass is 343 g/mol. The van der Waals surface area contributed by atoms with E-state index in [-0.39, 0.29) is 0 Å². The molecule has 1 aliphatic heterocycles. The van der Waals surface area contributed by atoms with E-state index in [1.807, 2.05) is 22.8 Å². The summed E-state index contributed by atoms with van der Waals surface area (Å²) in [6.07, 6.45) is 10.8. The van der Waals surface area contributed by atoms with Gasteiger partial charge >= 0.3 is 0 Å². The molecule has 2 aromatic heterocycles. The van der Waals surface area contributed by atoms with Crippen LogP contribution in [0.25, 0.3) is 11.7 Å². The van der Waals surface area contributed by atoms with Crippen LogP contribution < -0.4 is 5.32 Å². The van der Waals surface area contributed by atoms with Crippen LogP contribution in [0, 0.1) is 0 Å². The quantitative estimate of drug-likeness (QED) is 0.709. The van der Waals surface area contributed by atoms with Gasteiger partial charge in [-0.2, -0.15) is 0 Å². The van der Waals surface area contributed by atoms with Gasteiger partial charge in [0, 0.05) is 19.6 Å². The van der Waals surface area contributed by atoms with Gasteiger partial charge in [0.1, 0.15) is 5.82 Å². The number of unbranched alkanes of at least 4 members (excludes halogenated alkanes) is 2. The lowest BCUT2D eigenvalue weighted by Gasteiger charge is -2.26. The van der Waals surface area contributed by atoms with Crippen LogP contribution in [0.1, 0.15) is 38.3 Å². The average Bonchev–Trinajstić information content (AvgIpc) is 3.06. The zero-order valence-electron chi connectivity index (χ0n) is 15.2. The number of fused-ring (bicyclic) bond motifs is 1. The van der Waals surface area contributed by atoms with E-state index >= 15 is 0 Å². The Kier molecular flexibility index (Phi) is 6.82.